The van der Waals surface area contributed by atoms with Gasteiger partial charge in [-0.3, -0.25) is 0 Å². The molecule has 2 fully saturated rings. The van der Waals surface area contributed by atoms with Crippen LogP contribution in [0.2, 0.25) is 0 Å². The lowest BCUT2D eigenvalue weighted by Gasteiger charge is -1.97. The number of fused-ring (bicyclic) bond motifs is 1. The Balaban J connectivity index is 2.34. The highest BCUT2D eigenvalue weighted by atomic mass is 16.6. The molecule has 54 valence electrons. The molecule has 1 saturated carbocycles. The molecule has 1 saturated heterocycles. The van der Waals surface area contributed by atoms with E-state index in [4.69, 9.17) is 9.59 Å². The Labute approximate surface area is 58.4 Å². The topological polar surface area (TPSA) is 52.0 Å². The number of esters is 2. The van der Waals surface area contributed by atoms with Gasteiger partial charge in [0.25, 0.3) is 0 Å². The molecule has 0 aromatic rings. The fraction of sp³-hybridized carbons (Fsp3) is 0.714. The first-order valence-corrected chi connectivity index (χ1v) is 3.34. The van der Waals surface area contributed by atoms with E-state index in [1.54, 1.807) is 0 Å². The van der Waals surface area contributed by atoms with Crippen LogP contribution in [0.5, 0.6) is 0 Å². The van der Waals surface area contributed by atoms with E-state index in [1.807, 2.05) is 13.8 Å². The Bertz CT molecular complexity index is 207. The van der Waals surface area contributed by atoms with Crippen molar-refractivity contribution >= 4 is 11.9 Å². The number of ether oxygens (including phenoxy) is 1. The van der Waals surface area contributed by atoms with Crippen LogP contribution in [0.15, 0.2) is 0 Å². The third kappa shape index (κ3) is 0.426. The quantitative estimate of drug-likeness (QED) is 0.272. The van der Waals surface area contributed by atoms with Crippen LogP contribution < -0.4 is 0 Å². The molecule has 1 aliphatic heterocycles. The summed E-state index contributed by atoms with van der Waals surface area (Å²) in [5.74, 6) is 0.0278. The molecule has 0 aromatic carbocycles. The van der Waals surface area contributed by atoms with Gasteiger partial charge in [-0.15, -0.1) is 0 Å². The molecule has 0 unspecified atom stereocenters. The van der Waals surface area contributed by atoms with Crippen LogP contribution >= 0.6 is 0 Å². The molecule has 0 radical (unpaired) electrons. The normalized spacial score (nSPS) is 41.0. The largest absolute Gasteiger partial charge is 0.498 e. The maximum absolute atomic E-state index is 9.06. The molecular weight excluding hydrogens is 132 g/mol. The van der Waals surface area contributed by atoms with Crippen LogP contribution in [0, 0.1) is 17.3 Å². The molecule has 0 spiro atoms. The monoisotopic (exact) mass is 142 g/mol. The number of cyclic esters (lactones) is 2. The molecule has 0 bridgehead atoms. The van der Waals surface area contributed by atoms with E-state index in [2.05, 4.69) is 4.74 Å². The minimum atomic E-state index is -0.0208. The van der Waals surface area contributed by atoms with Crippen molar-refractivity contribution in [3.63, 3.8) is 0 Å². The van der Waals surface area contributed by atoms with Crippen molar-refractivity contribution in [2.75, 3.05) is 0 Å². The Morgan fingerprint density at radius 2 is 1.60 bits per heavy atom. The zero-order valence-corrected chi connectivity index (χ0v) is 5.96. The summed E-state index contributed by atoms with van der Waals surface area (Å²) in [6.45, 7) is 3.99. The van der Waals surface area contributed by atoms with E-state index in [1.165, 1.54) is 0 Å². The summed E-state index contributed by atoms with van der Waals surface area (Å²) in [4.78, 5) is 18.1. The predicted octanol–water partition coefficient (Wildman–Crippen LogP) is 0.294. The first kappa shape index (κ1) is 5.89. The van der Waals surface area contributed by atoms with Gasteiger partial charge in [0.15, 0.2) is 0 Å². The van der Waals surface area contributed by atoms with Gasteiger partial charge >= 0.3 is 11.9 Å². The summed E-state index contributed by atoms with van der Waals surface area (Å²) in [5.41, 5.74) is 0.00637. The summed E-state index contributed by atoms with van der Waals surface area (Å²) < 4.78 is 4.60. The SMILES string of the molecule is CC1(C)[C@@H]2C(=[OH+])OC(=[OH+])[C@@H]21. The molecule has 10 heavy (non-hydrogen) atoms. The number of hydrogen-bond donors (Lipinski definition) is 0. The van der Waals surface area contributed by atoms with Crippen LogP contribution in [0.3, 0.4) is 0 Å². The first-order chi connectivity index (χ1) is 4.55. The molecule has 2 N–H and O–H groups in total. The summed E-state index contributed by atoms with van der Waals surface area (Å²) in [6, 6.07) is 0. The van der Waals surface area contributed by atoms with Gasteiger partial charge < -0.3 is 9.59 Å². The van der Waals surface area contributed by atoms with Crippen molar-refractivity contribution in [1.82, 2.24) is 0 Å². The highest BCUT2D eigenvalue weighted by molar-refractivity contribution is 6.03. The maximum atomic E-state index is 9.06. The molecule has 3 nitrogen and oxygen atoms in total. The van der Waals surface area contributed by atoms with Gasteiger partial charge in [-0.05, 0) is 0 Å². The minimum Gasteiger partial charge on any atom is -0.338 e. The predicted molar refractivity (Wildman–Crippen MR) is 35.7 cm³/mol. The van der Waals surface area contributed by atoms with Gasteiger partial charge in [0.2, 0.25) is 0 Å². The average molecular weight is 142 g/mol. The zero-order valence-electron chi connectivity index (χ0n) is 5.96. The summed E-state index contributed by atoms with van der Waals surface area (Å²) in [5, 5.41) is 0. The molecule has 3 heteroatoms. The van der Waals surface area contributed by atoms with Gasteiger partial charge in [-0.25, -0.2) is 4.74 Å². The highest BCUT2D eigenvalue weighted by Crippen LogP contribution is 2.62. The second-order valence-corrected chi connectivity index (χ2v) is 3.56. The fourth-order valence-corrected chi connectivity index (χ4v) is 1.79. The first-order valence-electron chi connectivity index (χ1n) is 3.34. The van der Waals surface area contributed by atoms with Crippen LogP contribution in [-0.2, 0) is 4.74 Å². The summed E-state index contributed by atoms with van der Waals surface area (Å²) >= 11 is 0. The van der Waals surface area contributed by atoms with Gasteiger partial charge in [0, 0.05) is 5.41 Å². The van der Waals surface area contributed by atoms with Crippen molar-refractivity contribution in [1.29, 1.82) is 0 Å². The number of hydrogen-bond acceptors (Lipinski definition) is 1. The molecule has 2 atom stereocenters. The van der Waals surface area contributed by atoms with Gasteiger partial charge in [0.1, 0.15) is 11.8 Å². The van der Waals surface area contributed by atoms with Crippen LogP contribution in [0.4, 0.5) is 0 Å². The van der Waals surface area contributed by atoms with Crippen molar-refractivity contribution < 1.29 is 14.3 Å². The van der Waals surface area contributed by atoms with E-state index in [9.17, 15) is 0 Å². The highest BCUT2D eigenvalue weighted by Gasteiger charge is 2.79. The number of rotatable bonds is 0. The third-order valence-electron chi connectivity index (χ3n) is 2.57. The zero-order chi connectivity index (χ0) is 7.52. The van der Waals surface area contributed by atoms with E-state index in [0.717, 1.165) is 0 Å². The molecular formula is C7H10O3+2. The van der Waals surface area contributed by atoms with Crippen molar-refractivity contribution in [2.45, 2.75) is 13.8 Å². The molecule has 0 aromatic heterocycles. The standard InChI is InChI=1S/C7H8O3/c1-7(2)3-4(7)6(9)10-5(3)8/h3-4H,1-2H3/p+2/t3-,4+. The van der Waals surface area contributed by atoms with Gasteiger partial charge in [-0.2, -0.15) is 0 Å². The molecule has 1 aliphatic carbocycles. The summed E-state index contributed by atoms with van der Waals surface area (Å²) in [6.07, 6.45) is 0. The second kappa shape index (κ2) is 1.26. The lowest BCUT2D eigenvalue weighted by atomic mass is 10.1. The average Bonchev–Trinajstić information content (AvgIpc) is 2.17. The second-order valence-electron chi connectivity index (χ2n) is 3.56. The Morgan fingerprint density at radius 3 is 1.80 bits per heavy atom. The molecule has 0 amide bonds. The Kier molecular flexibility index (Phi) is 0.743. The molecule has 2 rings (SSSR count). The number of carbonyl (C=O) groups excluding carboxylic acids is 2. The van der Waals surface area contributed by atoms with E-state index >= 15 is 0 Å². The van der Waals surface area contributed by atoms with Crippen LogP contribution in [0.1, 0.15) is 13.8 Å². The lowest BCUT2D eigenvalue weighted by Crippen LogP contribution is -2.14. The van der Waals surface area contributed by atoms with Crippen LogP contribution in [-0.4, -0.2) is 21.5 Å². The maximum Gasteiger partial charge on any atom is 0.498 e. The van der Waals surface area contributed by atoms with E-state index < -0.39 is 0 Å². The van der Waals surface area contributed by atoms with Crippen molar-refractivity contribution in [3.8, 4) is 0 Å². The fourth-order valence-electron chi connectivity index (χ4n) is 1.79. The smallest absolute Gasteiger partial charge is 0.338 e. The third-order valence-corrected chi connectivity index (χ3v) is 2.57. The van der Waals surface area contributed by atoms with Crippen molar-refractivity contribution in [3.05, 3.63) is 0 Å². The van der Waals surface area contributed by atoms with E-state index in [-0.39, 0.29) is 29.2 Å². The Hall–Kier alpha value is -0.860. The summed E-state index contributed by atoms with van der Waals surface area (Å²) in [7, 11) is 0. The van der Waals surface area contributed by atoms with Gasteiger partial charge in [-0.1, -0.05) is 13.8 Å². The van der Waals surface area contributed by atoms with Crippen molar-refractivity contribution in [2.24, 2.45) is 17.3 Å². The van der Waals surface area contributed by atoms with E-state index in [0.29, 0.717) is 0 Å². The Morgan fingerprint density at radius 1 is 1.20 bits per heavy atom. The molecule has 2 aliphatic rings. The minimum absolute atomic E-state index is 0.00637. The molecule has 1 heterocycles. The van der Waals surface area contributed by atoms with Crippen LogP contribution in [0.25, 0.3) is 0 Å². The lowest BCUT2D eigenvalue weighted by molar-refractivity contribution is 0.368. The van der Waals surface area contributed by atoms with Gasteiger partial charge in [0.05, 0.1) is 0 Å².